The molecular formula is C18H12ClN3O3. The smallest absolute Gasteiger partial charge is 0.266 e. The zero-order valence-corrected chi connectivity index (χ0v) is 13.9. The molecule has 0 saturated carbocycles. The number of nitriles is 1. The number of carbonyl (C=O) groups excluding carboxylic acids is 3. The third kappa shape index (κ3) is 2.97. The molecule has 3 amide bonds. The van der Waals surface area contributed by atoms with Crippen LogP contribution in [-0.2, 0) is 4.79 Å². The van der Waals surface area contributed by atoms with Gasteiger partial charge < -0.3 is 5.32 Å². The van der Waals surface area contributed by atoms with Gasteiger partial charge in [0, 0.05) is 10.7 Å². The van der Waals surface area contributed by atoms with E-state index in [1.165, 1.54) is 12.1 Å². The number of nitrogens with one attached hydrogen (secondary N) is 1. The average Bonchev–Trinajstić information content (AvgIpc) is 2.79. The molecule has 1 N–H and O–H groups in total. The number of amides is 3. The Morgan fingerprint density at radius 3 is 2.56 bits per heavy atom. The number of fused-ring (bicyclic) bond motifs is 1. The summed E-state index contributed by atoms with van der Waals surface area (Å²) in [7, 11) is 0. The van der Waals surface area contributed by atoms with Gasteiger partial charge in [-0.2, -0.15) is 5.26 Å². The number of anilines is 2. The molecule has 2 aromatic carbocycles. The Balaban J connectivity index is 1.93. The molecule has 1 heterocycles. The summed E-state index contributed by atoms with van der Waals surface area (Å²) < 4.78 is 0. The molecule has 0 spiro atoms. The normalized spacial score (nSPS) is 12.8. The zero-order valence-electron chi connectivity index (χ0n) is 13.2. The Morgan fingerprint density at radius 2 is 1.88 bits per heavy atom. The summed E-state index contributed by atoms with van der Waals surface area (Å²) in [4.78, 5) is 37.8. The molecule has 6 nitrogen and oxygen atoms in total. The first-order valence-corrected chi connectivity index (χ1v) is 7.76. The maximum absolute atomic E-state index is 12.6. The van der Waals surface area contributed by atoms with Gasteiger partial charge in [-0.1, -0.05) is 11.6 Å². The third-order valence-electron chi connectivity index (χ3n) is 3.81. The molecule has 0 bridgehead atoms. The van der Waals surface area contributed by atoms with Crippen LogP contribution in [0, 0.1) is 18.3 Å². The minimum absolute atomic E-state index is 0.250. The van der Waals surface area contributed by atoms with Crippen molar-refractivity contribution in [3.05, 3.63) is 58.1 Å². The van der Waals surface area contributed by atoms with Gasteiger partial charge in [0.1, 0.15) is 6.42 Å². The molecule has 0 aliphatic carbocycles. The van der Waals surface area contributed by atoms with Crippen molar-refractivity contribution in [3.8, 4) is 6.07 Å². The fourth-order valence-corrected chi connectivity index (χ4v) is 2.87. The van der Waals surface area contributed by atoms with Crippen LogP contribution in [-0.4, -0.2) is 17.7 Å². The van der Waals surface area contributed by atoms with Gasteiger partial charge in [-0.25, -0.2) is 4.90 Å². The molecule has 0 aromatic heterocycles. The summed E-state index contributed by atoms with van der Waals surface area (Å²) in [6, 6.07) is 11.1. The minimum atomic E-state index is -0.438. The topological polar surface area (TPSA) is 90.3 Å². The van der Waals surface area contributed by atoms with Crippen LogP contribution in [0.5, 0.6) is 0 Å². The maximum Gasteiger partial charge on any atom is 0.266 e. The molecule has 0 fully saturated rings. The fourth-order valence-electron chi connectivity index (χ4n) is 2.69. The van der Waals surface area contributed by atoms with E-state index in [0.717, 1.165) is 4.90 Å². The summed E-state index contributed by atoms with van der Waals surface area (Å²) in [6.45, 7) is 1.73. The lowest BCUT2D eigenvalue weighted by molar-refractivity contribution is -0.115. The number of aryl methyl sites for hydroxylation is 1. The molecule has 1 aliphatic heterocycles. The molecule has 0 atom stereocenters. The van der Waals surface area contributed by atoms with Crippen LogP contribution in [0.25, 0.3) is 0 Å². The monoisotopic (exact) mass is 353 g/mol. The van der Waals surface area contributed by atoms with E-state index in [2.05, 4.69) is 5.32 Å². The Kier molecular flexibility index (Phi) is 4.26. The second-order valence-electron chi connectivity index (χ2n) is 5.52. The van der Waals surface area contributed by atoms with Gasteiger partial charge >= 0.3 is 0 Å². The number of halogens is 1. The van der Waals surface area contributed by atoms with E-state index in [0.29, 0.717) is 27.5 Å². The summed E-state index contributed by atoms with van der Waals surface area (Å²) in [5, 5.41) is 11.5. The Morgan fingerprint density at radius 1 is 1.16 bits per heavy atom. The number of nitrogens with zero attached hydrogens (tertiary/aromatic N) is 2. The van der Waals surface area contributed by atoms with Crippen molar-refractivity contribution < 1.29 is 14.4 Å². The Hall–Kier alpha value is -3.17. The van der Waals surface area contributed by atoms with Gasteiger partial charge in [0.15, 0.2) is 0 Å². The number of imide groups is 1. The van der Waals surface area contributed by atoms with Crippen LogP contribution < -0.4 is 10.2 Å². The molecule has 25 heavy (non-hydrogen) atoms. The van der Waals surface area contributed by atoms with Crippen LogP contribution in [0.3, 0.4) is 0 Å². The molecule has 0 radical (unpaired) electrons. The molecule has 0 unspecified atom stereocenters. The summed E-state index contributed by atoms with van der Waals surface area (Å²) >= 11 is 5.91. The van der Waals surface area contributed by atoms with Gasteiger partial charge in [0.25, 0.3) is 11.8 Å². The number of hydrogen-bond acceptors (Lipinski definition) is 4. The van der Waals surface area contributed by atoms with Crippen molar-refractivity contribution >= 4 is 40.7 Å². The van der Waals surface area contributed by atoms with E-state index in [9.17, 15) is 14.4 Å². The average molecular weight is 354 g/mol. The van der Waals surface area contributed by atoms with Crippen molar-refractivity contribution in [1.29, 1.82) is 5.26 Å². The Labute approximate surface area is 148 Å². The first-order valence-electron chi connectivity index (χ1n) is 7.38. The van der Waals surface area contributed by atoms with Crippen LogP contribution in [0.15, 0.2) is 36.4 Å². The molecule has 2 aromatic rings. The molecule has 0 saturated heterocycles. The lowest BCUT2D eigenvalue weighted by Crippen LogP contribution is -2.30. The van der Waals surface area contributed by atoms with Crippen LogP contribution >= 0.6 is 11.6 Å². The largest absolute Gasteiger partial charge is 0.325 e. The lowest BCUT2D eigenvalue weighted by atomic mass is 10.1. The highest BCUT2D eigenvalue weighted by Crippen LogP contribution is 2.33. The van der Waals surface area contributed by atoms with Gasteiger partial charge in [-0.3, -0.25) is 14.4 Å². The van der Waals surface area contributed by atoms with Crippen molar-refractivity contribution in [2.75, 3.05) is 10.2 Å². The number of benzene rings is 2. The highest BCUT2D eigenvalue weighted by molar-refractivity contribution is 6.36. The molecular weight excluding hydrogens is 342 g/mol. The van der Waals surface area contributed by atoms with Crippen LogP contribution in [0.1, 0.15) is 32.7 Å². The summed E-state index contributed by atoms with van der Waals surface area (Å²) in [5.74, 6) is -1.28. The fraction of sp³-hybridized carbons (Fsp3) is 0.111. The number of rotatable bonds is 3. The van der Waals surface area contributed by atoms with Gasteiger partial charge in [-0.15, -0.1) is 0 Å². The first-order chi connectivity index (χ1) is 11.9. The molecule has 7 heteroatoms. The standard InChI is InChI=1S/C18H12ClN3O3/c1-10-8-12(21-16(23)6-7-20)3-5-15(10)22-17(24)13-4-2-11(19)9-14(13)18(22)25/h2-5,8-9H,6H2,1H3,(H,21,23). The third-order valence-corrected chi connectivity index (χ3v) is 4.04. The number of carbonyl (C=O) groups is 3. The van der Waals surface area contributed by atoms with Crippen LogP contribution in [0.4, 0.5) is 11.4 Å². The molecule has 124 valence electrons. The quantitative estimate of drug-likeness (QED) is 0.857. The van der Waals surface area contributed by atoms with Gasteiger partial charge in [0.05, 0.1) is 22.9 Å². The molecule has 3 rings (SSSR count). The maximum atomic E-state index is 12.6. The van der Waals surface area contributed by atoms with Crippen molar-refractivity contribution in [3.63, 3.8) is 0 Å². The lowest BCUT2D eigenvalue weighted by Gasteiger charge is -2.17. The molecule has 1 aliphatic rings. The highest BCUT2D eigenvalue weighted by Gasteiger charge is 2.37. The van der Waals surface area contributed by atoms with Crippen molar-refractivity contribution in [2.45, 2.75) is 13.3 Å². The minimum Gasteiger partial charge on any atom is -0.325 e. The van der Waals surface area contributed by atoms with E-state index in [4.69, 9.17) is 16.9 Å². The van der Waals surface area contributed by atoms with Gasteiger partial charge in [0.2, 0.25) is 5.91 Å². The first kappa shape index (κ1) is 16.7. The highest BCUT2D eigenvalue weighted by atomic mass is 35.5. The van der Waals surface area contributed by atoms with E-state index < -0.39 is 17.7 Å². The van der Waals surface area contributed by atoms with Crippen molar-refractivity contribution in [2.24, 2.45) is 0 Å². The summed E-state index contributed by atoms with van der Waals surface area (Å²) in [5.41, 5.74) is 2.13. The zero-order chi connectivity index (χ0) is 18.1. The number of hydrogen-bond donors (Lipinski definition) is 1. The predicted molar refractivity (Wildman–Crippen MR) is 92.6 cm³/mol. The van der Waals surface area contributed by atoms with E-state index in [1.54, 1.807) is 37.3 Å². The summed E-state index contributed by atoms with van der Waals surface area (Å²) in [6.07, 6.45) is -0.250. The predicted octanol–water partition coefficient (Wildman–Crippen LogP) is 3.30. The van der Waals surface area contributed by atoms with E-state index >= 15 is 0 Å². The van der Waals surface area contributed by atoms with Crippen molar-refractivity contribution in [1.82, 2.24) is 0 Å². The van der Waals surface area contributed by atoms with Crippen LogP contribution in [0.2, 0.25) is 5.02 Å². The van der Waals surface area contributed by atoms with E-state index in [-0.39, 0.29) is 12.0 Å². The second-order valence-corrected chi connectivity index (χ2v) is 5.96. The Bertz CT molecular complexity index is 963. The van der Waals surface area contributed by atoms with Gasteiger partial charge in [-0.05, 0) is 48.9 Å². The van der Waals surface area contributed by atoms with E-state index in [1.807, 2.05) is 0 Å². The SMILES string of the molecule is Cc1cc(NC(=O)CC#N)ccc1N1C(=O)c2ccc(Cl)cc2C1=O. The second kappa shape index (κ2) is 6.38.